The number of hydrogen-bond acceptors (Lipinski definition) is 4. The first-order valence-electron chi connectivity index (χ1n) is 7.19. The Morgan fingerprint density at radius 1 is 1.08 bits per heavy atom. The molecule has 0 fully saturated rings. The molecule has 0 spiro atoms. The summed E-state index contributed by atoms with van der Waals surface area (Å²) in [5, 5.41) is 7.46. The molecular formula is C17H15Cl2N3O3. The summed E-state index contributed by atoms with van der Waals surface area (Å²) < 4.78 is 5.16. The topological polar surface area (TPSA) is 79.8 Å². The average Bonchev–Trinajstić information content (AvgIpc) is 2.57. The molecule has 0 atom stereocenters. The van der Waals surface area contributed by atoms with Crippen molar-refractivity contribution in [3.63, 3.8) is 0 Å². The summed E-state index contributed by atoms with van der Waals surface area (Å²) >= 11 is 11.7. The molecule has 8 heteroatoms. The van der Waals surface area contributed by atoms with Gasteiger partial charge >= 0.3 is 0 Å². The molecule has 0 unspecified atom stereocenters. The molecule has 130 valence electrons. The third-order valence-electron chi connectivity index (χ3n) is 3.03. The fourth-order valence-corrected chi connectivity index (χ4v) is 2.21. The molecule has 0 radical (unpaired) electrons. The standard InChI is InChI=1S/C17H15Cl2N3O3/c1-25-15-7-4-13(19)8-11(15)10-20-22-17(24)9-16(23)21-14-5-2-12(18)3-6-14/h2-8,10H,9H2,1H3,(H,21,23)(H,22,24). The van der Waals surface area contributed by atoms with Crippen LogP contribution < -0.4 is 15.5 Å². The molecule has 2 aromatic rings. The van der Waals surface area contributed by atoms with Gasteiger partial charge in [-0.1, -0.05) is 23.2 Å². The second-order valence-electron chi connectivity index (χ2n) is 4.91. The van der Waals surface area contributed by atoms with E-state index >= 15 is 0 Å². The van der Waals surface area contributed by atoms with E-state index in [-0.39, 0.29) is 6.42 Å². The molecule has 2 aromatic carbocycles. The number of hydrazone groups is 1. The maximum atomic E-state index is 11.8. The Labute approximate surface area is 154 Å². The minimum atomic E-state index is -0.552. The number of amides is 2. The lowest BCUT2D eigenvalue weighted by molar-refractivity contribution is -0.126. The van der Waals surface area contributed by atoms with Crippen LogP contribution in [0.4, 0.5) is 5.69 Å². The number of anilines is 1. The van der Waals surface area contributed by atoms with Gasteiger partial charge in [-0.3, -0.25) is 9.59 Å². The Morgan fingerprint density at radius 2 is 1.76 bits per heavy atom. The number of carbonyl (C=O) groups excluding carboxylic acids is 2. The van der Waals surface area contributed by atoms with Crippen LogP contribution in [-0.4, -0.2) is 25.1 Å². The van der Waals surface area contributed by atoms with E-state index < -0.39 is 11.8 Å². The zero-order valence-electron chi connectivity index (χ0n) is 13.3. The number of carbonyl (C=O) groups is 2. The monoisotopic (exact) mass is 379 g/mol. The van der Waals surface area contributed by atoms with Crippen LogP contribution in [0, 0.1) is 0 Å². The van der Waals surface area contributed by atoms with E-state index in [1.54, 1.807) is 42.5 Å². The Kier molecular flexibility index (Phi) is 6.80. The number of hydrogen-bond donors (Lipinski definition) is 2. The van der Waals surface area contributed by atoms with E-state index in [0.29, 0.717) is 27.0 Å². The highest BCUT2D eigenvalue weighted by molar-refractivity contribution is 6.31. The third-order valence-corrected chi connectivity index (χ3v) is 3.52. The van der Waals surface area contributed by atoms with Crippen LogP contribution in [0.2, 0.25) is 10.0 Å². The smallest absolute Gasteiger partial charge is 0.249 e. The number of nitrogens with one attached hydrogen (secondary N) is 2. The first-order chi connectivity index (χ1) is 12.0. The molecule has 0 saturated heterocycles. The molecule has 0 heterocycles. The minimum absolute atomic E-state index is 0.368. The first kappa shape index (κ1) is 18.8. The summed E-state index contributed by atoms with van der Waals surface area (Å²) in [6, 6.07) is 11.6. The van der Waals surface area contributed by atoms with Gasteiger partial charge in [-0.05, 0) is 42.5 Å². The van der Waals surface area contributed by atoms with E-state index in [1.165, 1.54) is 13.3 Å². The first-order valence-corrected chi connectivity index (χ1v) is 7.94. The normalized spacial score (nSPS) is 10.5. The quantitative estimate of drug-likeness (QED) is 0.458. The van der Waals surface area contributed by atoms with Gasteiger partial charge in [0.15, 0.2) is 0 Å². The van der Waals surface area contributed by atoms with Crippen molar-refractivity contribution in [3.05, 3.63) is 58.1 Å². The fraction of sp³-hybridized carbons (Fsp3) is 0.118. The lowest BCUT2D eigenvalue weighted by atomic mass is 10.2. The van der Waals surface area contributed by atoms with Crippen molar-refractivity contribution in [2.24, 2.45) is 5.10 Å². The highest BCUT2D eigenvalue weighted by Gasteiger charge is 2.09. The number of rotatable bonds is 6. The highest BCUT2D eigenvalue weighted by Crippen LogP contribution is 2.20. The van der Waals surface area contributed by atoms with Crippen LogP contribution in [0.25, 0.3) is 0 Å². The molecule has 0 saturated carbocycles. The van der Waals surface area contributed by atoms with Crippen molar-refractivity contribution >= 4 is 46.9 Å². The Balaban J connectivity index is 1.86. The van der Waals surface area contributed by atoms with E-state index in [4.69, 9.17) is 27.9 Å². The van der Waals surface area contributed by atoms with Gasteiger partial charge < -0.3 is 10.1 Å². The zero-order chi connectivity index (χ0) is 18.2. The predicted octanol–water partition coefficient (Wildman–Crippen LogP) is 3.48. The number of ether oxygens (including phenoxy) is 1. The Hall–Kier alpha value is -2.57. The highest BCUT2D eigenvalue weighted by atomic mass is 35.5. The van der Waals surface area contributed by atoms with Crippen molar-refractivity contribution in [1.29, 1.82) is 0 Å². The largest absolute Gasteiger partial charge is 0.496 e. The lowest BCUT2D eigenvalue weighted by Gasteiger charge is -2.05. The number of nitrogens with zero attached hydrogens (tertiary/aromatic N) is 1. The van der Waals surface area contributed by atoms with E-state index in [0.717, 1.165) is 0 Å². The van der Waals surface area contributed by atoms with Gasteiger partial charge in [-0.2, -0.15) is 5.10 Å². The molecule has 0 bridgehead atoms. The Bertz CT molecular complexity index is 792. The van der Waals surface area contributed by atoms with E-state index in [9.17, 15) is 9.59 Å². The summed E-state index contributed by atoms with van der Waals surface area (Å²) in [5.41, 5.74) is 3.43. The number of benzene rings is 2. The van der Waals surface area contributed by atoms with Crippen LogP contribution in [0.3, 0.4) is 0 Å². The molecule has 0 aliphatic rings. The van der Waals surface area contributed by atoms with Crippen LogP contribution in [0.5, 0.6) is 5.75 Å². The summed E-state index contributed by atoms with van der Waals surface area (Å²) in [4.78, 5) is 23.5. The zero-order valence-corrected chi connectivity index (χ0v) is 14.8. The second-order valence-corrected chi connectivity index (χ2v) is 5.78. The maximum Gasteiger partial charge on any atom is 0.249 e. The maximum absolute atomic E-state index is 11.8. The van der Waals surface area contributed by atoms with Gasteiger partial charge in [-0.25, -0.2) is 5.43 Å². The molecular weight excluding hydrogens is 365 g/mol. The van der Waals surface area contributed by atoms with E-state index in [2.05, 4.69) is 15.8 Å². The van der Waals surface area contributed by atoms with Crippen molar-refractivity contribution in [1.82, 2.24) is 5.43 Å². The van der Waals surface area contributed by atoms with Crippen molar-refractivity contribution < 1.29 is 14.3 Å². The second kappa shape index (κ2) is 9.05. The van der Waals surface area contributed by atoms with Gasteiger partial charge in [0.25, 0.3) is 0 Å². The molecule has 6 nitrogen and oxygen atoms in total. The van der Waals surface area contributed by atoms with Gasteiger partial charge in [0, 0.05) is 21.3 Å². The van der Waals surface area contributed by atoms with Crippen molar-refractivity contribution in [3.8, 4) is 5.75 Å². The van der Waals surface area contributed by atoms with Gasteiger partial charge in [0.1, 0.15) is 12.2 Å². The molecule has 2 rings (SSSR count). The van der Waals surface area contributed by atoms with Crippen molar-refractivity contribution in [2.45, 2.75) is 6.42 Å². The number of methoxy groups -OCH3 is 1. The molecule has 0 aliphatic heterocycles. The van der Waals surface area contributed by atoms with Gasteiger partial charge in [0.05, 0.1) is 13.3 Å². The summed E-state index contributed by atoms with van der Waals surface area (Å²) in [6.45, 7) is 0. The van der Waals surface area contributed by atoms with Crippen LogP contribution in [-0.2, 0) is 9.59 Å². The molecule has 0 aromatic heterocycles. The lowest BCUT2D eigenvalue weighted by Crippen LogP contribution is -2.24. The SMILES string of the molecule is COc1ccc(Cl)cc1C=NNC(=O)CC(=O)Nc1ccc(Cl)cc1. The summed E-state index contributed by atoms with van der Waals surface area (Å²) in [6.07, 6.45) is 1.02. The minimum Gasteiger partial charge on any atom is -0.496 e. The Morgan fingerprint density at radius 3 is 2.44 bits per heavy atom. The van der Waals surface area contributed by atoms with Crippen molar-refractivity contribution in [2.75, 3.05) is 12.4 Å². The number of halogens is 2. The molecule has 25 heavy (non-hydrogen) atoms. The average molecular weight is 380 g/mol. The predicted molar refractivity (Wildman–Crippen MR) is 98.4 cm³/mol. The molecule has 2 N–H and O–H groups in total. The summed E-state index contributed by atoms with van der Waals surface area (Å²) in [5.74, 6) is -0.457. The van der Waals surface area contributed by atoms with E-state index in [1.807, 2.05) is 0 Å². The summed E-state index contributed by atoms with van der Waals surface area (Å²) in [7, 11) is 1.51. The van der Waals surface area contributed by atoms with Gasteiger partial charge in [0.2, 0.25) is 11.8 Å². The molecule has 0 aliphatic carbocycles. The van der Waals surface area contributed by atoms with Crippen LogP contribution in [0.1, 0.15) is 12.0 Å². The molecule has 2 amide bonds. The van der Waals surface area contributed by atoms with Gasteiger partial charge in [-0.15, -0.1) is 0 Å². The fourth-order valence-electron chi connectivity index (χ4n) is 1.90. The van der Waals surface area contributed by atoms with Crippen LogP contribution >= 0.6 is 23.2 Å². The third kappa shape index (κ3) is 6.10. The van der Waals surface area contributed by atoms with Crippen LogP contribution in [0.15, 0.2) is 47.6 Å².